The van der Waals surface area contributed by atoms with Crippen molar-refractivity contribution < 1.29 is 13.5 Å². The second-order valence-corrected chi connectivity index (χ2v) is 6.23. The molecule has 1 aromatic rings. The number of ether oxygens (including phenoxy) is 1. The van der Waals surface area contributed by atoms with Crippen molar-refractivity contribution in [1.82, 2.24) is 9.97 Å². The Kier molecular flexibility index (Phi) is 2.55. The van der Waals surface area contributed by atoms with Gasteiger partial charge in [-0.15, -0.1) is 0 Å². The summed E-state index contributed by atoms with van der Waals surface area (Å²) in [5.41, 5.74) is 0. The summed E-state index contributed by atoms with van der Waals surface area (Å²) >= 11 is 5.99. The van der Waals surface area contributed by atoms with Gasteiger partial charge in [-0.2, -0.15) is 0 Å². The summed E-state index contributed by atoms with van der Waals surface area (Å²) in [7, 11) is 0. The first kappa shape index (κ1) is 12.7. The van der Waals surface area contributed by atoms with Gasteiger partial charge in [-0.05, 0) is 6.42 Å². The molecule has 1 aliphatic carbocycles. The zero-order valence-electron chi connectivity index (χ0n) is 10.9. The summed E-state index contributed by atoms with van der Waals surface area (Å²) in [4.78, 5) is 10.4. The van der Waals surface area contributed by atoms with E-state index in [1.807, 2.05) is 0 Å². The molecule has 3 fully saturated rings. The average Bonchev–Trinajstić information content (AvgIpc) is 2.83. The van der Waals surface area contributed by atoms with E-state index in [4.69, 9.17) is 16.3 Å². The number of halogens is 3. The molecule has 2 saturated heterocycles. The van der Waals surface area contributed by atoms with Crippen molar-refractivity contribution in [3.05, 3.63) is 17.0 Å². The first-order valence-electron chi connectivity index (χ1n) is 6.77. The molecular formula is C13H14ClF2N3O. The normalized spacial score (nSPS) is 37.5. The molecule has 0 amide bonds. The molecule has 0 N–H and O–H groups in total. The van der Waals surface area contributed by atoms with E-state index in [0.29, 0.717) is 12.4 Å². The van der Waals surface area contributed by atoms with E-state index < -0.39 is 17.8 Å². The molecule has 2 bridgehead atoms. The average molecular weight is 302 g/mol. The Morgan fingerprint density at radius 1 is 1.45 bits per heavy atom. The number of morpholine rings is 1. The molecule has 1 saturated carbocycles. The Labute approximate surface area is 120 Å². The highest BCUT2D eigenvalue weighted by atomic mass is 35.5. The van der Waals surface area contributed by atoms with Gasteiger partial charge in [-0.1, -0.05) is 18.5 Å². The fourth-order valence-electron chi connectivity index (χ4n) is 3.26. The van der Waals surface area contributed by atoms with E-state index in [2.05, 4.69) is 14.9 Å². The van der Waals surface area contributed by atoms with Gasteiger partial charge >= 0.3 is 0 Å². The maximum absolute atomic E-state index is 13.5. The van der Waals surface area contributed by atoms with Gasteiger partial charge in [-0.3, -0.25) is 0 Å². The van der Waals surface area contributed by atoms with E-state index >= 15 is 0 Å². The molecule has 4 nitrogen and oxygen atoms in total. The third kappa shape index (κ3) is 1.74. The van der Waals surface area contributed by atoms with E-state index in [1.165, 1.54) is 6.92 Å². The lowest BCUT2D eigenvalue weighted by molar-refractivity contribution is 0.0951. The Bertz CT molecular complexity index is 571. The Morgan fingerprint density at radius 2 is 2.20 bits per heavy atom. The van der Waals surface area contributed by atoms with Gasteiger partial charge < -0.3 is 9.64 Å². The highest BCUT2D eigenvalue weighted by Crippen LogP contribution is 2.60. The number of anilines is 1. The largest absolute Gasteiger partial charge is 0.374 e. The lowest BCUT2D eigenvalue weighted by Crippen LogP contribution is -2.37. The van der Waals surface area contributed by atoms with Crippen molar-refractivity contribution in [2.24, 2.45) is 5.92 Å². The van der Waals surface area contributed by atoms with Gasteiger partial charge in [0.15, 0.2) is 0 Å². The molecule has 0 spiro atoms. The Morgan fingerprint density at radius 3 is 2.75 bits per heavy atom. The van der Waals surface area contributed by atoms with Gasteiger partial charge in [0, 0.05) is 18.5 Å². The van der Waals surface area contributed by atoms with Crippen LogP contribution in [0, 0.1) is 5.92 Å². The topological polar surface area (TPSA) is 38.2 Å². The maximum atomic E-state index is 13.5. The second-order valence-electron chi connectivity index (χ2n) is 5.85. The molecule has 0 radical (unpaired) electrons. The van der Waals surface area contributed by atoms with Gasteiger partial charge in [-0.25, -0.2) is 18.7 Å². The van der Waals surface area contributed by atoms with Crippen LogP contribution in [0.1, 0.15) is 25.1 Å². The Hall–Kier alpha value is -1.01. The van der Waals surface area contributed by atoms with Crippen LogP contribution in [0.4, 0.5) is 14.6 Å². The fourth-order valence-corrected chi connectivity index (χ4v) is 3.45. The zero-order valence-corrected chi connectivity index (χ0v) is 11.6. The number of hydrogen-bond donors (Lipinski definition) is 0. The van der Waals surface area contributed by atoms with E-state index in [1.54, 1.807) is 6.07 Å². The summed E-state index contributed by atoms with van der Waals surface area (Å²) < 4.78 is 32.6. The van der Waals surface area contributed by atoms with Crippen LogP contribution in [0.15, 0.2) is 6.07 Å². The highest BCUT2D eigenvalue weighted by molar-refractivity contribution is 6.29. The van der Waals surface area contributed by atoms with Gasteiger partial charge in [0.1, 0.15) is 16.8 Å². The number of hydrogen-bond acceptors (Lipinski definition) is 4. The van der Waals surface area contributed by atoms with Crippen molar-refractivity contribution in [2.75, 3.05) is 18.1 Å². The third-order valence-corrected chi connectivity index (χ3v) is 4.78. The summed E-state index contributed by atoms with van der Waals surface area (Å²) in [6, 6.07) is 1.92. The monoisotopic (exact) mass is 301 g/mol. The number of fused-ring (bicyclic) bond motifs is 2. The number of aromatic nitrogens is 2. The van der Waals surface area contributed by atoms with Gasteiger partial charge in [0.05, 0.1) is 24.7 Å². The van der Waals surface area contributed by atoms with E-state index in [0.717, 1.165) is 13.0 Å². The highest BCUT2D eigenvalue weighted by Gasteiger charge is 2.67. The number of alkyl halides is 2. The molecule has 7 heteroatoms. The smallest absolute Gasteiger partial charge is 0.261 e. The number of nitrogens with zero attached hydrogens (tertiary/aromatic N) is 3. The molecule has 1 aromatic heterocycles. The minimum atomic E-state index is -2.71. The molecule has 4 unspecified atom stereocenters. The molecule has 0 aromatic carbocycles. The molecular weight excluding hydrogens is 288 g/mol. The van der Waals surface area contributed by atoms with Crippen LogP contribution in [-0.4, -0.2) is 41.2 Å². The first-order valence-corrected chi connectivity index (χ1v) is 7.15. The lowest BCUT2D eigenvalue weighted by Gasteiger charge is -2.28. The van der Waals surface area contributed by atoms with Crippen LogP contribution in [0.3, 0.4) is 0 Å². The summed E-state index contributed by atoms with van der Waals surface area (Å²) in [5.74, 6) is -3.53. The van der Waals surface area contributed by atoms with Crippen molar-refractivity contribution in [3.8, 4) is 0 Å². The van der Waals surface area contributed by atoms with Gasteiger partial charge in [0.2, 0.25) is 0 Å². The van der Waals surface area contributed by atoms with Crippen molar-refractivity contribution in [3.63, 3.8) is 0 Å². The van der Waals surface area contributed by atoms with E-state index in [9.17, 15) is 8.78 Å². The summed E-state index contributed by atoms with van der Waals surface area (Å²) in [6.07, 6.45) is 1.19. The first-order chi connectivity index (χ1) is 9.46. The van der Waals surface area contributed by atoms with Crippen LogP contribution >= 0.6 is 11.6 Å². The molecule has 3 heterocycles. The molecule has 20 heavy (non-hydrogen) atoms. The van der Waals surface area contributed by atoms with Crippen LogP contribution in [0.2, 0.25) is 5.15 Å². The predicted molar refractivity (Wildman–Crippen MR) is 69.4 cm³/mol. The SMILES string of the molecule is CC1C(c2nc(Cl)cc(N3CC4CC3CO4)n2)C1(F)F. The zero-order chi connectivity index (χ0) is 14.1. The summed E-state index contributed by atoms with van der Waals surface area (Å²) in [6.45, 7) is 2.92. The van der Waals surface area contributed by atoms with Crippen molar-refractivity contribution >= 4 is 17.4 Å². The maximum Gasteiger partial charge on any atom is 0.261 e. The number of rotatable bonds is 2. The van der Waals surface area contributed by atoms with Crippen molar-refractivity contribution in [2.45, 2.75) is 37.3 Å². The van der Waals surface area contributed by atoms with Crippen LogP contribution in [0.5, 0.6) is 0 Å². The van der Waals surface area contributed by atoms with Crippen LogP contribution in [-0.2, 0) is 4.74 Å². The van der Waals surface area contributed by atoms with Gasteiger partial charge in [0.25, 0.3) is 5.92 Å². The molecule has 4 atom stereocenters. The molecule has 108 valence electrons. The minimum absolute atomic E-state index is 0.161. The second kappa shape index (κ2) is 4.01. The summed E-state index contributed by atoms with van der Waals surface area (Å²) in [5, 5.41) is 0.226. The Balaban J connectivity index is 1.67. The quantitative estimate of drug-likeness (QED) is 0.787. The lowest BCUT2D eigenvalue weighted by atomic mass is 10.2. The van der Waals surface area contributed by atoms with Crippen LogP contribution in [0.25, 0.3) is 0 Å². The van der Waals surface area contributed by atoms with Crippen molar-refractivity contribution in [1.29, 1.82) is 0 Å². The third-order valence-electron chi connectivity index (χ3n) is 4.58. The molecule has 4 rings (SSSR count). The minimum Gasteiger partial charge on any atom is -0.374 e. The standard InChI is InChI=1S/C13H14ClF2N3O/c1-6-11(13(6,15)16)12-17-9(14)3-10(18-12)19-4-8-2-7(19)5-20-8/h3,6-8,11H,2,4-5H2,1H3. The van der Waals surface area contributed by atoms with Crippen LogP contribution < -0.4 is 4.90 Å². The predicted octanol–water partition coefficient (Wildman–Crippen LogP) is 2.48. The molecule has 2 aliphatic heterocycles. The van der Waals surface area contributed by atoms with E-state index in [-0.39, 0.29) is 23.1 Å². The fraction of sp³-hybridized carbons (Fsp3) is 0.692. The molecule has 3 aliphatic rings.